The Morgan fingerprint density at radius 1 is 1.08 bits per heavy atom. The Kier molecular flexibility index (Phi) is 6.37. The lowest BCUT2D eigenvalue weighted by molar-refractivity contribution is -0.125. The first-order chi connectivity index (χ1) is 11.4. The summed E-state index contributed by atoms with van der Waals surface area (Å²) in [5.74, 6) is -0.293. The Morgan fingerprint density at radius 3 is 2.25 bits per heavy atom. The van der Waals surface area contributed by atoms with Crippen LogP contribution in [0.5, 0.6) is 0 Å². The summed E-state index contributed by atoms with van der Waals surface area (Å²) in [5, 5.41) is 5.62. The lowest BCUT2D eigenvalue weighted by atomic mass is 10.1. The van der Waals surface area contributed by atoms with Crippen LogP contribution < -0.4 is 10.6 Å². The fraction of sp³-hybridized carbons (Fsp3) is 0.579. The quantitative estimate of drug-likeness (QED) is 0.842. The van der Waals surface area contributed by atoms with Crippen LogP contribution >= 0.6 is 0 Å². The number of likely N-dealkylation sites (N-methyl/N-ethyl adjacent to an activating group) is 1. The molecule has 0 radical (unpaired) electrons. The maximum absolute atomic E-state index is 12.1. The Bertz CT molecular complexity index is 584. The summed E-state index contributed by atoms with van der Waals surface area (Å²) in [6.07, 6.45) is 4.81. The van der Waals surface area contributed by atoms with E-state index in [4.69, 9.17) is 0 Å². The molecule has 24 heavy (non-hydrogen) atoms. The van der Waals surface area contributed by atoms with E-state index in [0.717, 1.165) is 29.7 Å². The van der Waals surface area contributed by atoms with E-state index in [-0.39, 0.29) is 18.4 Å². The number of amides is 2. The molecule has 1 saturated carbocycles. The summed E-state index contributed by atoms with van der Waals surface area (Å²) in [6, 6.07) is 4.58. The van der Waals surface area contributed by atoms with Gasteiger partial charge in [-0.1, -0.05) is 30.5 Å². The van der Waals surface area contributed by atoms with Crippen molar-refractivity contribution in [1.29, 1.82) is 0 Å². The van der Waals surface area contributed by atoms with E-state index in [1.54, 1.807) is 0 Å². The lowest BCUT2D eigenvalue weighted by Crippen LogP contribution is -2.42. The Balaban J connectivity index is 1.79. The summed E-state index contributed by atoms with van der Waals surface area (Å²) >= 11 is 0. The lowest BCUT2D eigenvalue weighted by Gasteiger charge is -2.23. The maximum atomic E-state index is 12.1. The Morgan fingerprint density at radius 2 is 1.67 bits per heavy atom. The SMILES string of the molecule is Cc1cc(C)c(NC(=O)CNC(=O)CN(C)C2CCCC2)c(C)c1. The zero-order valence-corrected chi connectivity index (χ0v) is 15.2. The zero-order valence-electron chi connectivity index (χ0n) is 15.2. The molecule has 1 aromatic carbocycles. The number of anilines is 1. The molecule has 0 aromatic heterocycles. The van der Waals surface area contributed by atoms with Crippen LogP contribution in [0.4, 0.5) is 5.69 Å². The molecule has 0 aliphatic heterocycles. The van der Waals surface area contributed by atoms with Crippen LogP contribution in [0, 0.1) is 20.8 Å². The van der Waals surface area contributed by atoms with E-state index in [2.05, 4.69) is 15.5 Å². The standard InChI is InChI=1S/C19H29N3O2/c1-13-9-14(2)19(15(3)10-13)21-17(23)11-20-18(24)12-22(4)16-7-5-6-8-16/h9-10,16H,5-8,11-12H2,1-4H3,(H,20,24)(H,21,23). The predicted molar refractivity (Wildman–Crippen MR) is 97.2 cm³/mol. The average Bonchev–Trinajstić information content (AvgIpc) is 3.03. The molecule has 132 valence electrons. The number of hydrogen-bond acceptors (Lipinski definition) is 3. The maximum Gasteiger partial charge on any atom is 0.243 e. The van der Waals surface area contributed by atoms with Crippen molar-refractivity contribution < 1.29 is 9.59 Å². The van der Waals surface area contributed by atoms with Gasteiger partial charge in [-0.3, -0.25) is 14.5 Å². The molecule has 0 atom stereocenters. The van der Waals surface area contributed by atoms with Crippen LogP contribution in [0.3, 0.4) is 0 Å². The first kappa shape index (κ1) is 18.5. The van der Waals surface area contributed by atoms with Gasteiger partial charge in [-0.2, -0.15) is 0 Å². The summed E-state index contributed by atoms with van der Waals surface area (Å²) in [4.78, 5) is 26.2. The Hall–Kier alpha value is -1.88. The van der Waals surface area contributed by atoms with Crippen LogP contribution in [0.15, 0.2) is 12.1 Å². The number of benzene rings is 1. The van der Waals surface area contributed by atoms with Crippen molar-refractivity contribution in [2.24, 2.45) is 0 Å². The van der Waals surface area contributed by atoms with Crippen molar-refractivity contribution in [1.82, 2.24) is 10.2 Å². The molecule has 2 N–H and O–H groups in total. The number of carbonyl (C=O) groups excluding carboxylic acids is 2. The second kappa shape index (κ2) is 8.29. The van der Waals surface area contributed by atoms with Gasteiger partial charge in [0.05, 0.1) is 13.1 Å². The van der Waals surface area contributed by atoms with Crippen LogP contribution in [0.1, 0.15) is 42.4 Å². The monoisotopic (exact) mass is 331 g/mol. The molecule has 5 heteroatoms. The third-order valence-corrected chi connectivity index (χ3v) is 4.73. The second-order valence-electron chi connectivity index (χ2n) is 6.95. The van der Waals surface area contributed by atoms with Gasteiger partial charge in [0.2, 0.25) is 11.8 Å². The molecule has 1 aliphatic rings. The fourth-order valence-electron chi connectivity index (χ4n) is 3.50. The van der Waals surface area contributed by atoms with E-state index >= 15 is 0 Å². The first-order valence-corrected chi connectivity index (χ1v) is 8.71. The van der Waals surface area contributed by atoms with Crippen LogP contribution in [0.2, 0.25) is 0 Å². The van der Waals surface area contributed by atoms with Gasteiger partial charge in [0, 0.05) is 11.7 Å². The predicted octanol–water partition coefficient (Wildman–Crippen LogP) is 2.54. The third-order valence-electron chi connectivity index (χ3n) is 4.73. The van der Waals surface area contributed by atoms with Gasteiger partial charge in [0.25, 0.3) is 0 Å². The van der Waals surface area contributed by atoms with Gasteiger partial charge in [-0.25, -0.2) is 0 Å². The van der Waals surface area contributed by atoms with E-state index in [1.165, 1.54) is 18.4 Å². The van der Waals surface area contributed by atoms with Crippen molar-refractivity contribution in [3.8, 4) is 0 Å². The molecule has 2 amide bonds. The highest BCUT2D eigenvalue weighted by Crippen LogP contribution is 2.22. The first-order valence-electron chi connectivity index (χ1n) is 8.71. The minimum Gasteiger partial charge on any atom is -0.346 e. The molecule has 1 aliphatic carbocycles. The molecule has 0 heterocycles. The number of carbonyl (C=O) groups is 2. The fourth-order valence-corrected chi connectivity index (χ4v) is 3.50. The van der Waals surface area contributed by atoms with Crippen molar-refractivity contribution >= 4 is 17.5 Å². The van der Waals surface area contributed by atoms with E-state index in [9.17, 15) is 9.59 Å². The third kappa shape index (κ3) is 5.06. The summed E-state index contributed by atoms with van der Waals surface area (Å²) in [5.41, 5.74) is 4.08. The molecule has 0 saturated heterocycles. The summed E-state index contributed by atoms with van der Waals surface area (Å²) in [6.45, 7) is 6.34. The van der Waals surface area contributed by atoms with Crippen molar-refractivity contribution in [3.05, 3.63) is 28.8 Å². The molecule has 0 bridgehead atoms. The van der Waals surface area contributed by atoms with Gasteiger partial charge >= 0.3 is 0 Å². The molecular formula is C19H29N3O2. The van der Waals surface area contributed by atoms with Gasteiger partial charge < -0.3 is 10.6 Å². The van der Waals surface area contributed by atoms with Crippen LogP contribution in [-0.2, 0) is 9.59 Å². The second-order valence-corrected chi connectivity index (χ2v) is 6.95. The van der Waals surface area contributed by atoms with Crippen molar-refractivity contribution in [2.45, 2.75) is 52.5 Å². The van der Waals surface area contributed by atoms with Gasteiger partial charge in [0.1, 0.15) is 0 Å². The summed E-state index contributed by atoms with van der Waals surface area (Å²) < 4.78 is 0. The molecule has 0 spiro atoms. The number of rotatable bonds is 6. The van der Waals surface area contributed by atoms with Crippen molar-refractivity contribution in [2.75, 3.05) is 25.5 Å². The zero-order chi connectivity index (χ0) is 17.7. The number of hydrogen-bond donors (Lipinski definition) is 2. The number of nitrogens with one attached hydrogen (secondary N) is 2. The van der Waals surface area contributed by atoms with E-state index in [0.29, 0.717) is 12.6 Å². The molecule has 5 nitrogen and oxygen atoms in total. The average molecular weight is 331 g/mol. The van der Waals surface area contributed by atoms with E-state index < -0.39 is 0 Å². The molecule has 1 fully saturated rings. The Labute approximate surface area is 144 Å². The van der Waals surface area contributed by atoms with Gasteiger partial charge in [0.15, 0.2) is 0 Å². The minimum absolute atomic E-state index is 0.00406. The largest absolute Gasteiger partial charge is 0.346 e. The summed E-state index contributed by atoms with van der Waals surface area (Å²) in [7, 11) is 1.98. The smallest absolute Gasteiger partial charge is 0.243 e. The molecule has 0 unspecified atom stereocenters. The molecule has 1 aromatic rings. The van der Waals surface area contributed by atoms with Crippen molar-refractivity contribution in [3.63, 3.8) is 0 Å². The normalized spacial score (nSPS) is 14.9. The highest BCUT2D eigenvalue weighted by molar-refractivity contribution is 5.96. The highest BCUT2D eigenvalue weighted by atomic mass is 16.2. The van der Waals surface area contributed by atoms with Gasteiger partial charge in [-0.15, -0.1) is 0 Å². The molecular weight excluding hydrogens is 302 g/mol. The van der Waals surface area contributed by atoms with Gasteiger partial charge in [-0.05, 0) is 51.8 Å². The minimum atomic E-state index is -0.193. The highest BCUT2D eigenvalue weighted by Gasteiger charge is 2.21. The number of aryl methyl sites for hydroxylation is 3. The van der Waals surface area contributed by atoms with Crippen LogP contribution in [-0.4, -0.2) is 42.9 Å². The van der Waals surface area contributed by atoms with Crippen LogP contribution in [0.25, 0.3) is 0 Å². The number of nitrogens with zero attached hydrogens (tertiary/aromatic N) is 1. The molecule has 2 rings (SSSR count). The van der Waals surface area contributed by atoms with E-state index in [1.807, 2.05) is 40.0 Å². The topological polar surface area (TPSA) is 61.4 Å².